The number of carbonyl (C=O) groups is 3. The van der Waals surface area contributed by atoms with Crippen LogP contribution in [0.3, 0.4) is 0 Å². The van der Waals surface area contributed by atoms with Crippen molar-refractivity contribution in [3.05, 3.63) is 0 Å². The predicted molar refractivity (Wildman–Crippen MR) is 62.5 cm³/mol. The molecule has 0 heterocycles. The highest BCUT2D eigenvalue weighted by molar-refractivity contribution is 5.96. The molecule has 0 unspecified atom stereocenters. The first-order chi connectivity index (χ1) is 7.74. The van der Waals surface area contributed by atoms with Crippen molar-refractivity contribution in [2.75, 3.05) is 13.1 Å². The molecule has 2 N–H and O–H groups in total. The van der Waals surface area contributed by atoms with Gasteiger partial charge in [-0.2, -0.15) is 0 Å². The van der Waals surface area contributed by atoms with Crippen molar-refractivity contribution in [2.24, 2.45) is 5.41 Å². The third-order valence-electron chi connectivity index (χ3n) is 2.48. The van der Waals surface area contributed by atoms with Gasteiger partial charge in [-0.1, -0.05) is 0 Å². The summed E-state index contributed by atoms with van der Waals surface area (Å²) < 4.78 is 0. The number of imide groups is 1. The van der Waals surface area contributed by atoms with Crippen LogP contribution in [0.2, 0.25) is 0 Å². The summed E-state index contributed by atoms with van der Waals surface area (Å²) in [5.41, 5.74) is -1.17. The van der Waals surface area contributed by atoms with Crippen LogP contribution in [0, 0.1) is 5.41 Å². The van der Waals surface area contributed by atoms with E-state index >= 15 is 0 Å². The highest BCUT2D eigenvalue weighted by Gasteiger charge is 2.31. The van der Waals surface area contributed by atoms with Crippen molar-refractivity contribution in [2.45, 2.75) is 34.1 Å². The monoisotopic (exact) mass is 244 g/mol. The standard InChI is InChI=1S/C11H20N2O4/c1-5-13(6-2)10(17)12-8(14)7-11(3,4)9(15)16/h5-7H2,1-4H3,(H,15,16)(H,12,14,17). The van der Waals surface area contributed by atoms with E-state index in [1.165, 1.54) is 18.7 Å². The van der Waals surface area contributed by atoms with E-state index < -0.39 is 23.3 Å². The maximum Gasteiger partial charge on any atom is 0.324 e. The molecular weight excluding hydrogens is 224 g/mol. The fourth-order valence-corrected chi connectivity index (χ4v) is 1.23. The van der Waals surface area contributed by atoms with Crippen molar-refractivity contribution < 1.29 is 19.5 Å². The van der Waals surface area contributed by atoms with Crippen LogP contribution in [0.1, 0.15) is 34.1 Å². The quantitative estimate of drug-likeness (QED) is 0.757. The van der Waals surface area contributed by atoms with E-state index in [0.29, 0.717) is 13.1 Å². The van der Waals surface area contributed by atoms with E-state index in [1.54, 1.807) is 13.8 Å². The van der Waals surface area contributed by atoms with Gasteiger partial charge in [0.25, 0.3) is 0 Å². The molecule has 0 saturated carbocycles. The van der Waals surface area contributed by atoms with Gasteiger partial charge in [0.2, 0.25) is 5.91 Å². The van der Waals surface area contributed by atoms with Crippen molar-refractivity contribution in [1.82, 2.24) is 10.2 Å². The summed E-state index contributed by atoms with van der Waals surface area (Å²) in [6.07, 6.45) is -0.227. The molecule has 6 heteroatoms. The number of rotatable bonds is 5. The van der Waals surface area contributed by atoms with Gasteiger partial charge in [0.1, 0.15) is 0 Å². The molecule has 0 spiro atoms. The summed E-state index contributed by atoms with van der Waals surface area (Å²) in [5, 5.41) is 11.0. The largest absolute Gasteiger partial charge is 0.481 e. The fraction of sp³-hybridized carbons (Fsp3) is 0.727. The third-order valence-corrected chi connectivity index (χ3v) is 2.48. The Labute approximate surface area is 101 Å². The molecule has 0 aromatic carbocycles. The normalized spacial score (nSPS) is 10.8. The zero-order valence-electron chi connectivity index (χ0n) is 10.7. The van der Waals surface area contributed by atoms with Gasteiger partial charge in [-0.15, -0.1) is 0 Å². The Kier molecular flexibility index (Phi) is 5.64. The van der Waals surface area contributed by atoms with E-state index in [9.17, 15) is 14.4 Å². The van der Waals surface area contributed by atoms with Crippen molar-refractivity contribution in [3.63, 3.8) is 0 Å². The highest BCUT2D eigenvalue weighted by Crippen LogP contribution is 2.19. The second kappa shape index (κ2) is 6.22. The van der Waals surface area contributed by atoms with Gasteiger partial charge in [-0.25, -0.2) is 4.79 Å². The lowest BCUT2D eigenvalue weighted by atomic mass is 9.89. The molecule has 0 atom stereocenters. The van der Waals surface area contributed by atoms with Gasteiger partial charge in [0, 0.05) is 19.5 Å². The average Bonchev–Trinajstić information content (AvgIpc) is 2.17. The molecule has 0 fully saturated rings. The average molecular weight is 244 g/mol. The van der Waals surface area contributed by atoms with E-state index in [-0.39, 0.29) is 6.42 Å². The zero-order valence-corrected chi connectivity index (χ0v) is 10.7. The number of aliphatic carboxylic acids is 1. The van der Waals surface area contributed by atoms with Crippen molar-refractivity contribution >= 4 is 17.9 Å². The van der Waals surface area contributed by atoms with Crippen molar-refractivity contribution in [3.8, 4) is 0 Å². The summed E-state index contributed by atoms with van der Waals surface area (Å²) in [4.78, 5) is 35.3. The minimum Gasteiger partial charge on any atom is -0.481 e. The zero-order chi connectivity index (χ0) is 13.6. The SMILES string of the molecule is CCN(CC)C(=O)NC(=O)CC(C)(C)C(=O)O. The van der Waals surface area contributed by atoms with Gasteiger partial charge < -0.3 is 10.0 Å². The van der Waals surface area contributed by atoms with Crippen LogP contribution in [0.15, 0.2) is 0 Å². The minimum absolute atomic E-state index is 0.227. The summed E-state index contributed by atoms with van der Waals surface area (Å²) in [6, 6.07) is -0.485. The topological polar surface area (TPSA) is 86.7 Å². The van der Waals surface area contributed by atoms with Crippen LogP contribution < -0.4 is 5.32 Å². The van der Waals surface area contributed by atoms with Crippen LogP contribution in [0.4, 0.5) is 4.79 Å². The molecule has 0 saturated heterocycles. The first-order valence-electron chi connectivity index (χ1n) is 5.56. The Morgan fingerprint density at radius 2 is 1.65 bits per heavy atom. The molecule has 0 radical (unpaired) electrons. The number of nitrogens with zero attached hydrogens (tertiary/aromatic N) is 1. The van der Waals surface area contributed by atoms with Crippen LogP contribution in [-0.4, -0.2) is 41.0 Å². The number of nitrogens with one attached hydrogen (secondary N) is 1. The van der Waals surface area contributed by atoms with E-state index in [1.807, 2.05) is 0 Å². The Morgan fingerprint density at radius 1 is 1.18 bits per heavy atom. The summed E-state index contributed by atoms with van der Waals surface area (Å²) in [7, 11) is 0. The minimum atomic E-state index is -1.17. The third kappa shape index (κ3) is 4.84. The van der Waals surface area contributed by atoms with Crippen LogP contribution in [0.25, 0.3) is 0 Å². The summed E-state index contributed by atoms with van der Waals surface area (Å²) in [6.45, 7) is 7.48. The fourth-order valence-electron chi connectivity index (χ4n) is 1.23. The molecule has 0 aliphatic rings. The first kappa shape index (κ1) is 15.4. The molecule has 0 aromatic heterocycles. The highest BCUT2D eigenvalue weighted by atomic mass is 16.4. The van der Waals surface area contributed by atoms with E-state index in [2.05, 4.69) is 5.32 Å². The number of carboxylic acid groups (broad SMARTS) is 1. The number of urea groups is 1. The summed E-state index contributed by atoms with van der Waals surface area (Å²) >= 11 is 0. The predicted octanol–water partition coefficient (Wildman–Crippen LogP) is 1.07. The molecule has 17 heavy (non-hydrogen) atoms. The summed E-state index contributed by atoms with van der Waals surface area (Å²) in [5.74, 6) is -1.64. The lowest BCUT2D eigenvalue weighted by Crippen LogP contribution is -2.44. The second-order valence-corrected chi connectivity index (χ2v) is 4.39. The molecule has 98 valence electrons. The first-order valence-corrected chi connectivity index (χ1v) is 5.56. The molecule has 0 bridgehead atoms. The van der Waals surface area contributed by atoms with Gasteiger partial charge in [-0.3, -0.25) is 14.9 Å². The molecule has 3 amide bonds. The molecule has 6 nitrogen and oxygen atoms in total. The Balaban J connectivity index is 4.37. The number of carbonyl (C=O) groups excluding carboxylic acids is 2. The number of hydrogen-bond acceptors (Lipinski definition) is 3. The Morgan fingerprint density at radius 3 is 2.00 bits per heavy atom. The van der Waals surface area contributed by atoms with Crippen LogP contribution >= 0.6 is 0 Å². The van der Waals surface area contributed by atoms with Gasteiger partial charge >= 0.3 is 12.0 Å². The van der Waals surface area contributed by atoms with Gasteiger partial charge in [-0.05, 0) is 27.7 Å². The van der Waals surface area contributed by atoms with Gasteiger partial charge in [0.05, 0.1) is 5.41 Å². The second-order valence-electron chi connectivity index (χ2n) is 4.39. The van der Waals surface area contributed by atoms with Crippen LogP contribution in [-0.2, 0) is 9.59 Å². The Bertz CT molecular complexity index is 309. The number of amides is 3. The maximum absolute atomic E-state index is 11.5. The molecule has 0 aliphatic carbocycles. The molecule has 0 aliphatic heterocycles. The number of carboxylic acids is 1. The molecule has 0 rings (SSSR count). The maximum atomic E-state index is 11.5. The lowest BCUT2D eigenvalue weighted by Gasteiger charge is -2.21. The number of hydrogen-bond donors (Lipinski definition) is 2. The molecular formula is C11H20N2O4. The van der Waals surface area contributed by atoms with Crippen LogP contribution in [0.5, 0.6) is 0 Å². The van der Waals surface area contributed by atoms with E-state index in [0.717, 1.165) is 0 Å². The molecule has 0 aromatic rings. The van der Waals surface area contributed by atoms with Gasteiger partial charge in [0.15, 0.2) is 0 Å². The Hall–Kier alpha value is -1.59. The smallest absolute Gasteiger partial charge is 0.324 e. The van der Waals surface area contributed by atoms with Crippen molar-refractivity contribution in [1.29, 1.82) is 0 Å². The lowest BCUT2D eigenvalue weighted by molar-refractivity contribution is -0.149. The van der Waals surface area contributed by atoms with E-state index in [4.69, 9.17) is 5.11 Å².